The van der Waals surface area contributed by atoms with Crippen LogP contribution in [0.3, 0.4) is 0 Å². The van der Waals surface area contributed by atoms with Gasteiger partial charge in [0, 0.05) is 12.5 Å². The van der Waals surface area contributed by atoms with E-state index in [4.69, 9.17) is 24.2 Å². The van der Waals surface area contributed by atoms with Crippen LogP contribution in [0.5, 0.6) is 11.5 Å². The molecule has 1 fully saturated rings. The molecule has 0 saturated heterocycles. The number of hydrogen-bond donors (Lipinski definition) is 1. The van der Waals surface area contributed by atoms with Crippen molar-refractivity contribution in [2.24, 2.45) is 0 Å². The number of aliphatic hydroxyl groups is 1. The number of benzene rings is 3. The molecule has 0 unspecified atom stereocenters. The third kappa shape index (κ3) is 4.80. The van der Waals surface area contributed by atoms with Crippen molar-refractivity contribution in [1.29, 1.82) is 0 Å². The summed E-state index contributed by atoms with van der Waals surface area (Å²) in [7, 11) is 3.31. The third-order valence-electron chi connectivity index (χ3n) is 7.44. The second-order valence-electron chi connectivity index (χ2n) is 9.91. The minimum atomic E-state index is -0.979. The zero-order valence-corrected chi connectivity index (χ0v) is 22.7. The van der Waals surface area contributed by atoms with Crippen LogP contribution in [0.1, 0.15) is 47.1 Å². The first-order valence-electron chi connectivity index (χ1n) is 13.5. The summed E-state index contributed by atoms with van der Waals surface area (Å²) in [6, 6.07) is 26.0. The van der Waals surface area contributed by atoms with Crippen molar-refractivity contribution in [1.82, 2.24) is 19.5 Å². The summed E-state index contributed by atoms with van der Waals surface area (Å²) >= 11 is 0. The first-order valence-corrected chi connectivity index (χ1v) is 13.5. The van der Waals surface area contributed by atoms with Crippen LogP contribution in [0.15, 0.2) is 85.1 Å². The quantitative estimate of drug-likeness (QED) is 0.231. The largest absolute Gasteiger partial charge is 0.497 e. The van der Waals surface area contributed by atoms with E-state index in [-0.39, 0.29) is 13.2 Å². The van der Waals surface area contributed by atoms with E-state index in [1.165, 1.54) is 0 Å². The SMILES string of the molecule is COc1ccc(C(OCc2nc3cnc(C4CC4)nc3n2CCO)(c2ccccc2)c2ccc(OC)cc2)cc1. The molecule has 0 spiro atoms. The normalized spacial score (nSPS) is 13.5. The van der Waals surface area contributed by atoms with Crippen LogP contribution in [0.25, 0.3) is 11.2 Å². The van der Waals surface area contributed by atoms with Gasteiger partial charge in [-0.25, -0.2) is 15.0 Å². The molecule has 5 aromatic rings. The van der Waals surface area contributed by atoms with Gasteiger partial charge in [-0.2, -0.15) is 0 Å². The van der Waals surface area contributed by atoms with Gasteiger partial charge in [-0.15, -0.1) is 0 Å². The molecule has 1 aliphatic carbocycles. The van der Waals surface area contributed by atoms with Gasteiger partial charge >= 0.3 is 0 Å². The topological polar surface area (TPSA) is 91.5 Å². The molecule has 8 nitrogen and oxygen atoms in total. The van der Waals surface area contributed by atoms with E-state index in [0.29, 0.717) is 23.8 Å². The molecule has 2 heterocycles. The van der Waals surface area contributed by atoms with Crippen LogP contribution < -0.4 is 9.47 Å². The maximum absolute atomic E-state index is 9.92. The second kappa shape index (κ2) is 11.1. The van der Waals surface area contributed by atoms with Crippen molar-refractivity contribution in [2.75, 3.05) is 20.8 Å². The fourth-order valence-corrected chi connectivity index (χ4v) is 5.21. The van der Waals surface area contributed by atoms with E-state index < -0.39 is 5.60 Å². The Kier molecular flexibility index (Phi) is 7.19. The predicted molar refractivity (Wildman–Crippen MR) is 151 cm³/mol. The fourth-order valence-electron chi connectivity index (χ4n) is 5.21. The van der Waals surface area contributed by atoms with Gasteiger partial charge in [0.25, 0.3) is 0 Å². The number of imidazole rings is 1. The molecular weight excluding hydrogens is 504 g/mol. The number of nitrogens with zero attached hydrogens (tertiary/aromatic N) is 4. The molecule has 2 aromatic heterocycles. The molecule has 8 heteroatoms. The van der Waals surface area contributed by atoms with Crippen LogP contribution in [0, 0.1) is 0 Å². The lowest BCUT2D eigenvalue weighted by Gasteiger charge is -2.36. The summed E-state index contributed by atoms with van der Waals surface area (Å²) < 4.78 is 19.9. The first kappa shape index (κ1) is 26.0. The fraction of sp³-hybridized carbons (Fsp3) is 0.281. The smallest absolute Gasteiger partial charge is 0.163 e. The average molecular weight is 537 g/mol. The summed E-state index contributed by atoms with van der Waals surface area (Å²) in [4.78, 5) is 14.2. The van der Waals surface area contributed by atoms with Crippen molar-refractivity contribution in [3.05, 3.63) is 113 Å². The van der Waals surface area contributed by atoms with E-state index in [0.717, 1.165) is 52.5 Å². The molecule has 204 valence electrons. The summed E-state index contributed by atoms with van der Waals surface area (Å²) in [5.41, 5.74) is 3.27. The van der Waals surface area contributed by atoms with Gasteiger partial charge in [-0.1, -0.05) is 54.6 Å². The highest BCUT2D eigenvalue weighted by Gasteiger charge is 2.38. The highest BCUT2D eigenvalue weighted by atomic mass is 16.5. The van der Waals surface area contributed by atoms with Crippen LogP contribution in [-0.4, -0.2) is 45.5 Å². The van der Waals surface area contributed by atoms with E-state index >= 15 is 0 Å². The Balaban J connectivity index is 1.49. The Bertz CT molecular complexity index is 1530. The summed E-state index contributed by atoms with van der Waals surface area (Å²) in [5.74, 6) is 3.45. The molecule has 3 aromatic carbocycles. The monoisotopic (exact) mass is 536 g/mol. The number of aromatic nitrogens is 4. The van der Waals surface area contributed by atoms with Crippen molar-refractivity contribution in [3.8, 4) is 11.5 Å². The highest BCUT2D eigenvalue weighted by molar-refractivity contribution is 5.70. The van der Waals surface area contributed by atoms with Gasteiger partial charge in [0.1, 0.15) is 40.9 Å². The molecule has 1 aliphatic rings. The maximum atomic E-state index is 9.92. The second-order valence-corrected chi connectivity index (χ2v) is 9.91. The predicted octanol–water partition coefficient (Wildman–Crippen LogP) is 5.22. The van der Waals surface area contributed by atoms with Crippen molar-refractivity contribution in [3.63, 3.8) is 0 Å². The lowest BCUT2D eigenvalue weighted by molar-refractivity contribution is -0.00458. The van der Waals surface area contributed by atoms with Crippen molar-refractivity contribution in [2.45, 2.75) is 37.5 Å². The van der Waals surface area contributed by atoms with E-state index in [1.54, 1.807) is 20.4 Å². The Morgan fingerprint density at radius 1 is 0.825 bits per heavy atom. The van der Waals surface area contributed by atoms with Crippen molar-refractivity contribution >= 4 is 11.2 Å². The molecule has 40 heavy (non-hydrogen) atoms. The van der Waals surface area contributed by atoms with Gasteiger partial charge in [0.05, 0.1) is 27.0 Å². The summed E-state index contributed by atoms with van der Waals surface area (Å²) in [6.45, 7) is 0.490. The van der Waals surface area contributed by atoms with Crippen LogP contribution in [0.4, 0.5) is 0 Å². The summed E-state index contributed by atoms with van der Waals surface area (Å²) in [5, 5.41) is 9.92. The van der Waals surface area contributed by atoms with E-state index in [1.807, 2.05) is 71.3 Å². The number of hydrogen-bond acceptors (Lipinski definition) is 7. The van der Waals surface area contributed by atoms with Gasteiger partial charge in [-0.05, 0) is 53.8 Å². The van der Waals surface area contributed by atoms with Gasteiger partial charge in [-0.3, -0.25) is 0 Å². The number of rotatable bonds is 11. The molecule has 6 rings (SSSR count). The molecule has 1 saturated carbocycles. The lowest BCUT2D eigenvalue weighted by Crippen LogP contribution is -2.33. The highest BCUT2D eigenvalue weighted by Crippen LogP contribution is 2.42. The minimum Gasteiger partial charge on any atom is -0.497 e. The summed E-state index contributed by atoms with van der Waals surface area (Å²) in [6.07, 6.45) is 4.00. The standard InChI is InChI=1S/C32H32N4O4/c1-38-26-14-10-24(11-15-26)32(23-6-4-3-5-7-23,25-12-16-27(39-2)17-13-25)40-21-29-34-28-20-33-30(22-8-9-22)35-31(28)36(29)18-19-37/h3-7,10-17,20,22,37H,8-9,18-19,21H2,1-2H3. The van der Waals surface area contributed by atoms with Crippen LogP contribution in [-0.2, 0) is 23.5 Å². The Labute approximate surface area is 233 Å². The molecule has 0 radical (unpaired) electrons. The molecule has 0 bridgehead atoms. The molecule has 0 atom stereocenters. The zero-order valence-electron chi connectivity index (χ0n) is 22.7. The Hall–Kier alpha value is -4.27. The number of methoxy groups -OCH3 is 2. The first-order chi connectivity index (χ1) is 19.7. The van der Waals surface area contributed by atoms with Crippen LogP contribution >= 0.6 is 0 Å². The number of ether oxygens (including phenoxy) is 3. The third-order valence-corrected chi connectivity index (χ3v) is 7.44. The maximum Gasteiger partial charge on any atom is 0.163 e. The van der Waals surface area contributed by atoms with Crippen LogP contribution in [0.2, 0.25) is 0 Å². The molecular formula is C32H32N4O4. The number of aliphatic hydroxyl groups excluding tert-OH is 1. The Morgan fingerprint density at radius 2 is 1.43 bits per heavy atom. The average Bonchev–Trinajstić information content (AvgIpc) is 3.81. The van der Waals surface area contributed by atoms with Crippen molar-refractivity contribution < 1.29 is 19.3 Å². The van der Waals surface area contributed by atoms with E-state index in [9.17, 15) is 5.11 Å². The Morgan fingerprint density at radius 3 is 1.98 bits per heavy atom. The lowest BCUT2D eigenvalue weighted by atomic mass is 9.80. The molecule has 0 aliphatic heterocycles. The molecule has 0 amide bonds. The minimum absolute atomic E-state index is 0.0397. The zero-order chi connectivity index (χ0) is 27.5. The van der Waals surface area contributed by atoms with Gasteiger partial charge < -0.3 is 23.9 Å². The molecule has 1 N–H and O–H groups in total. The van der Waals surface area contributed by atoms with E-state index in [2.05, 4.69) is 17.1 Å². The van der Waals surface area contributed by atoms with Gasteiger partial charge in [0.15, 0.2) is 5.65 Å². The van der Waals surface area contributed by atoms with Gasteiger partial charge in [0.2, 0.25) is 0 Å². The number of fused-ring (bicyclic) bond motifs is 1.